The summed E-state index contributed by atoms with van der Waals surface area (Å²) in [6, 6.07) is 36.8. The first-order chi connectivity index (χ1) is 18.2. The Bertz CT molecular complexity index is 1610. The van der Waals surface area contributed by atoms with Crippen molar-refractivity contribution in [1.29, 1.82) is 0 Å². The molecule has 1 heterocycles. The SMILES string of the molecule is CC1(C)Oc2ccc(-c3ccc(N(c4ccc(Br)cc4)c4ccc(Br)cc4)c4ccccc34)cc2C1(C)C. The summed E-state index contributed by atoms with van der Waals surface area (Å²) in [6.07, 6.45) is 0. The van der Waals surface area contributed by atoms with E-state index in [1.54, 1.807) is 0 Å². The minimum Gasteiger partial charge on any atom is -0.487 e. The highest BCUT2D eigenvalue weighted by atomic mass is 79.9. The number of rotatable bonds is 4. The summed E-state index contributed by atoms with van der Waals surface area (Å²) in [5, 5.41) is 2.42. The largest absolute Gasteiger partial charge is 0.487 e. The molecule has 6 rings (SSSR count). The number of ether oxygens (including phenoxy) is 1. The first-order valence-electron chi connectivity index (χ1n) is 12.8. The van der Waals surface area contributed by atoms with E-state index in [1.807, 2.05) is 0 Å². The van der Waals surface area contributed by atoms with Crippen LogP contribution in [0.3, 0.4) is 0 Å². The number of fused-ring (bicyclic) bond motifs is 2. The fraction of sp³-hybridized carbons (Fsp3) is 0.176. The number of nitrogens with zero attached hydrogens (tertiary/aromatic N) is 1. The first kappa shape index (κ1) is 25.2. The van der Waals surface area contributed by atoms with Gasteiger partial charge in [-0.3, -0.25) is 0 Å². The molecule has 0 spiro atoms. The summed E-state index contributed by atoms with van der Waals surface area (Å²) < 4.78 is 8.46. The van der Waals surface area contributed by atoms with Crippen LogP contribution >= 0.6 is 31.9 Å². The maximum absolute atomic E-state index is 6.34. The molecular formula is C34H29Br2NO. The predicted molar refractivity (Wildman–Crippen MR) is 167 cm³/mol. The number of hydrogen-bond acceptors (Lipinski definition) is 2. The van der Waals surface area contributed by atoms with Crippen molar-refractivity contribution in [2.45, 2.75) is 38.7 Å². The van der Waals surface area contributed by atoms with E-state index >= 15 is 0 Å². The summed E-state index contributed by atoms with van der Waals surface area (Å²) in [6.45, 7) is 8.90. The summed E-state index contributed by atoms with van der Waals surface area (Å²) >= 11 is 7.19. The van der Waals surface area contributed by atoms with Crippen LogP contribution in [-0.4, -0.2) is 5.60 Å². The highest BCUT2D eigenvalue weighted by Crippen LogP contribution is 2.50. The predicted octanol–water partition coefficient (Wildman–Crippen LogP) is 11.0. The Hall–Kier alpha value is -3.08. The van der Waals surface area contributed by atoms with Crippen LogP contribution in [0.25, 0.3) is 21.9 Å². The van der Waals surface area contributed by atoms with Gasteiger partial charge >= 0.3 is 0 Å². The molecule has 0 bridgehead atoms. The van der Waals surface area contributed by atoms with Crippen LogP contribution in [0, 0.1) is 0 Å². The molecule has 5 aromatic carbocycles. The van der Waals surface area contributed by atoms with Crippen molar-refractivity contribution in [2.75, 3.05) is 4.90 Å². The molecule has 0 aliphatic carbocycles. The molecule has 0 atom stereocenters. The molecule has 0 radical (unpaired) electrons. The summed E-state index contributed by atoms with van der Waals surface area (Å²) in [5.74, 6) is 0.987. The number of halogens is 2. The minimum atomic E-state index is -0.254. The average Bonchev–Trinajstić information content (AvgIpc) is 3.09. The highest BCUT2D eigenvalue weighted by molar-refractivity contribution is 9.10. The van der Waals surface area contributed by atoms with Crippen molar-refractivity contribution in [3.63, 3.8) is 0 Å². The maximum atomic E-state index is 6.34. The Balaban J connectivity index is 1.54. The third-order valence-electron chi connectivity index (χ3n) is 8.15. The van der Waals surface area contributed by atoms with Gasteiger partial charge in [0.15, 0.2) is 0 Å². The molecule has 0 N–H and O–H groups in total. The zero-order chi connectivity index (χ0) is 26.7. The van der Waals surface area contributed by atoms with E-state index in [9.17, 15) is 0 Å². The Labute approximate surface area is 241 Å². The highest BCUT2D eigenvalue weighted by Gasteiger charge is 2.47. The monoisotopic (exact) mass is 625 g/mol. The Morgan fingerprint density at radius 3 is 1.82 bits per heavy atom. The quantitative estimate of drug-likeness (QED) is 0.197. The molecule has 38 heavy (non-hydrogen) atoms. The Morgan fingerprint density at radius 2 is 1.21 bits per heavy atom. The minimum absolute atomic E-state index is 0.0892. The van der Waals surface area contributed by atoms with Gasteiger partial charge in [-0.25, -0.2) is 0 Å². The second kappa shape index (κ2) is 9.29. The molecule has 4 heteroatoms. The van der Waals surface area contributed by atoms with E-state index in [0.717, 1.165) is 31.8 Å². The molecule has 0 amide bonds. The van der Waals surface area contributed by atoms with Crippen LogP contribution in [0.15, 0.2) is 112 Å². The lowest BCUT2D eigenvalue weighted by Crippen LogP contribution is -2.41. The molecule has 0 saturated carbocycles. The van der Waals surface area contributed by atoms with Crippen LogP contribution in [0.5, 0.6) is 5.75 Å². The molecule has 190 valence electrons. The van der Waals surface area contributed by atoms with Crippen molar-refractivity contribution < 1.29 is 4.74 Å². The first-order valence-corrected chi connectivity index (χ1v) is 14.4. The van der Waals surface area contributed by atoms with Crippen molar-refractivity contribution >= 4 is 59.7 Å². The zero-order valence-corrected chi connectivity index (χ0v) is 25.1. The lowest BCUT2D eigenvalue weighted by Gasteiger charge is -2.33. The molecule has 1 aliphatic heterocycles. The van der Waals surface area contributed by atoms with Gasteiger partial charge in [-0.05, 0) is 97.1 Å². The van der Waals surface area contributed by atoms with Gasteiger partial charge in [0.05, 0.1) is 5.69 Å². The van der Waals surface area contributed by atoms with Crippen molar-refractivity contribution in [3.8, 4) is 16.9 Å². The molecule has 1 aliphatic rings. The second-order valence-corrected chi connectivity index (χ2v) is 12.7. The van der Waals surface area contributed by atoms with Gasteiger partial charge in [-0.1, -0.05) is 82.1 Å². The molecule has 0 saturated heterocycles. The summed E-state index contributed by atoms with van der Waals surface area (Å²) in [5.41, 5.74) is 6.70. The van der Waals surface area contributed by atoms with Crippen LogP contribution in [0.4, 0.5) is 17.1 Å². The van der Waals surface area contributed by atoms with Gasteiger partial charge in [0.2, 0.25) is 0 Å². The van der Waals surface area contributed by atoms with E-state index in [1.165, 1.54) is 27.5 Å². The van der Waals surface area contributed by atoms with Crippen molar-refractivity contribution in [2.24, 2.45) is 0 Å². The van der Waals surface area contributed by atoms with Gasteiger partial charge < -0.3 is 9.64 Å². The van der Waals surface area contributed by atoms with Crippen LogP contribution in [0.2, 0.25) is 0 Å². The van der Waals surface area contributed by atoms with E-state index in [0.29, 0.717) is 0 Å². The molecule has 0 fully saturated rings. The van der Waals surface area contributed by atoms with Gasteiger partial charge in [-0.2, -0.15) is 0 Å². The van der Waals surface area contributed by atoms with Crippen LogP contribution in [-0.2, 0) is 5.41 Å². The topological polar surface area (TPSA) is 12.5 Å². The standard InChI is InChI=1S/C34H29Br2NO/c1-33(2)30-21-22(9-20-32(30)38-34(33,3)4)27-18-19-31(29-8-6-5-7-28(27)29)37(25-14-10-23(35)11-15-25)26-16-12-24(36)13-17-26/h5-21H,1-4H3. The lowest BCUT2D eigenvalue weighted by molar-refractivity contribution is 0.0712. The average molecular weight is 627 g/mol. The van der Waals surface area contributed by atoms with Crippen molar-refractivity contribution in [3.05, 3.63) is 118 Å². The molecule has 2 nitrogen and oxygen atoms in total. The molecule has 5 aromatic rings. The normalized spacial score (nSPS) is 15.2. The summed E-state index contributed by atoms with van der Waals surface area (Å²) in [7, 11) is 0. The molecule has 0 unspecified atom stereocenters. The number of benzene rings is 5. The van der Waals surface area contributed by atoms with E-state index in [-0.39, 0.29) is 11.0 Å². The zero-order valence-electron chi connectivity index (χ0n) is 21.9. The number of anilines is 3. The van der Waals surface area contributed by atoms with E-state index < -0.39 is 0 Å². The van der Waals surface area contributed by atoms with Gasteiger partial charge in [0.1, 0.15) is 11.4 Å². The maximum Gasteiger partial charge on any atom is 0.124 e. The van der Waals surface area contributed by atoms with Gasteiger partial charge in [0.25, 0.3) is 0 Å². The molecule has 0 aromatic heterocycles. The molecular weight excluding hydrogens is 598 g/mol. The fourth-order valence-electron chi connectivity index (χ4n) is 5.34. The van der Waals surface area contributed by atoms with Crippen LogP contribution in [0.1, 0.15) is 33.3 Å². The Morgan fingerprint density at radius 1 is 0.632 bits per heavy atom. The third kappa shape index (κ3) is 4.15. The van der Waals surface area contributed by atoms with E-state index in [2.05, 4.69) is 168 Å². The number of hydrogen-bond donors (Lipinski definition) is 0. The Kier molecular flexibility index (Phi) is 6.16. The van der Waals surface area contributed by atoms with E-state index in [4.69, 9.17) is 4.74 Å². The fourth-order valence-corrected chi connectivity index (χ4v) is 5.87. The van der Waals surface area contributed by atoms with Crippen LogP contribution < -0.4 is 9.64 Å². The van der Waals surface area contributed by atoms with Crippen molar-refractivity contribution in [1.82, 2.24) is 0 Å². The third-order valence-corrected chi connectivity index (χ3v) is 9.20. The smallest absolute Gasteiger partial charge is 0.124 e. The second-order valence-electron chi connectivity index (χ2n) is 10.9. The van der Waals surface area contributed by atoms with Gasteiger partial charge in [-0.15, -0.1) is 0 Å². The van der Waals surface area contributed by atoms with Gasteiger partial charge in [0, 0.05) is 36.7 Å². The lowest BCUT2D eigenvalue weighted by atomic mass is 9.73. The summed E-state index contributed by atoms with van der Waals surface area (Å²) in [4.78, 5) is 2.33.